The molecular formula is C25H26N2O3. The van der Waals surface area contributed by atoms with Crippen LogP contribution >= 0.6 is 0 Å². The van der Waals surface area contributed by atoms with Crippen LogP contribution < -0.4 is 15.4 Å². The highest BCUT2D eigenvalue weighted by molar-refractivity contribution is 6.04. The van der Waals surface area contributed by atoms with Crippen LogP contribution in [-0.4, -0.2) is 18.4 Å². The fraction of sp³-hybridized carbons (Fsp3) is 0.200. The van der Waals surface area contributed by atoms with Crippen molar-refractivity contribution in [3.05, 3.63) is 90.0 Å². The van der Waals surface area contributed by atoms with E-state index in [0.717, 1.165) is 12.2 Å². The van der Waals surface area contributed by atoms with Gasteiger partial charge in [0.2, 0.25) is 5.91 Å². The van der Waals surface area contributed by atoms with Crippen molar-refractivity contribution in [3.8, 4) is 5.75 Å². The molecule has 0 aliphatic rings. The van der Waals surface area contributed by atoms with Crippen molar-refractivity contribution >= 4 is 23.2 Å². The Hall–Kier alpha value is -3.60. The molecule has 0 unspecified atom stereocenters. The predicted octanol–water partition coefficient (Wildman–Crippen LogP) is 5.15. The summed E-state index contributed by atoms with van der Waals surface area (Å²) < 4.78 is 5.76. The van der Waals surface area contributed by atoms with Gasteiger partial charge in [0.25, 0.3) is 5.91 Å². The molecule has 3 aromatic rings. The Morgan fingerprint density at radius 1 is 0.833 bits per heavy atom. The van der Waals surface area contributed by atoms with Crippen molar-refractivity contribution in [2.45, 2.75) is 20.3 Å². The molecule has 0 radical (unpaired) electrons. The van der Waals surface area contributed by atoms with Crippen LogP contribution in [0.25, 0.3) is 0 Å². The molecule has 30 heavy (non-hydrogen) atoms. The largest absolute Gasteiger partial charge is 0.493 e. The molecule has 0 bridgehead atoms. The van der Waals surface area contributed by atoms with Gasteiger partial charge in [-0.15, -0.1) is 0 Å². The number of hydrogen-bond acceptors (Lipinski definition) is 3. The Labute approximate surface area is 177 Å². The minimum atomic E-state index is -0.224. The zero-order valence-corrected chi connectivity index (χ0v) is 17.2. The lowest BCUT2D eigenvalue weighted by Gasteiger charge is -2.11. The van der Waals surface area contributed by atoms with E-state index in [-0.39, 0.29) is 17.7 Å². The molecule has 5 heteroatoms. The van der Waals surface area contributed by atoms with Gasteiger partial charge in [0.15, 0.2) is 0 Å². The Morgan fingerprint density at radius 2 is 1.50 bits per heavy atom. The zero-order valence-electron chi connectivity index (χ0n) is 17.2. The molecule has 2 N–H and O–H groups in total. The third-order valence-electron chi connectivity index (χ3n) is 4.53. The van der Waals surface area contributed by atoms with Crippen LogP contribution in [-0.2, 0) is 11.2 Å². The molecule has 0 aliphatic carbocycles. The third kappa shape index (κ3) is 6.21. The summed E-state index contributed by atoms with van der Waals surface area (Å²) in [5.74, 6) is 0.317. The Morgan fingerprint density at radius 3 is 2.17 bits per heavy atom. The quantitative estimate of drug-likeness (QED) is 0.547. The Bertz CT molecular complexity index is 983. The van der Waals surface area contributed by atoms with Crippen molar-refractivity contribution < 1.29 is 14.3 Å². The first kappa shape index (κ1) is 21.1. The van der Waals surface area contributed by atoms with Gasteiger partial charge in [-0.05, 0) is 48.0 Å². The third-order valence-corrected chi connectivity index (χ3v) is 4.53. The minimum absolute atomic E-state index is 0.0682. The van der Waals surface area contributed by atoms with Gasteiger partial charge in [-0.25, -0.2) is 0 Å². The maximum atomic E-state index is 12.5. The summed E-state index contributed by atoms with van der Waals surface area (Å²) in [6, 6.07) is 24.3. The number of amides is 2. The van der Waals surface area contributed by atoms with Crippen LogP contribution in [0.4, 0.5) is 11.4 Å². The molecule has 0 heterocycles. The molecule has 0 aliphatic heterocycles. The lowest BCUT2D eigenvalue weighted by atomic mass is 10.1. The number of rotatable bonds is 8. The lowest BCUT2D eigenvalue weighted by molar-refractivity contribution is -0.118. The summed E-state index contributed by atoms with van der Waals surface area (Å²) in [7, 11) is 0. The topological polar surface area (TPSA) is 67.4 Å². The molecule has 0 saturated heterocycles. The number of carbonyl (C=O) groups excluding carboxylic acids is 2. The van der Waals surface area contributed by atoms with Crippen LogP contribution in [0.5, 0.6) is 5.75 Å². The number of nitrogens with one attached hydrogen (secondary N) is 2. The maximum absolute atomic E-state index is 12.5. The SMILES string of the molecule is CC(C)C(=O)Nc1cccc(NC(=O)c2ccc(OCCc3ccccc3)cc2)c1. The van der Waals surface area contributed by atoms with Crippen LogP contribution in [0.1, 0.15) is 29.8 Å². The molecule has 0 spiro atoms. The van der Waals surface area contributed by atoms with Gasteiger partial charge < -0.3 is 15.4 Å². The van der Waals surface area contributed by atoms with E-state index in [9.17, 15) is 9.59 Å². The summed E-state index contributed by atoms with van der Waals surface area (Å²) >= 11 is 0. The molecule has 0 fully saturated rings. The minimum Gasteiger partial charge on any atom is -0.493 e. The number of ether oxygens (including phenoxy) is 1. The van der Waals surface area contributed by atoms with E-state index >= 15 is 0 Å². The second-order valence-corrected chi connectivity index (χ2v) is 7.29. The number of carbonyl (C=O) groups is 2. The lowest BCUT2D eigenvalue weighted by Crippen LogP contribution is -2.18. The summed E-state index contributed by atoms with van der Waals surface area (Å²) in [6.07, 6.45) is 0.826. The molecule has 0 saturated carbocycles. The Balaban J connectivity index is 1.54. The van der Waals surface area contributed by atoms with E-state index in [4.69, 9.17) is 4.74 Å². The zero-order chi connectivity index (χ0) is 21.3. The van der Waals surface area contributed by atoms with Crippen molar-refractivity contribution in [3.63, 3.8) is 0 Å². The monoisotopic (exact) mass is 402 g/mol. The van der Waals surface area contributed by atoms with E-state index in [1.807, 2.05) is 32.0 Å². The van der Waals surface area contributed by atoms with E-state index in [1.165, 1.54) is 5.56 Å². The maximum Gasteiger partial charge on any atom is 0.255 e. The highest BCUT2D eigenvalue weighted by Gasteiger charge is 2.09. The van der Waals surface area contributed by atoms with E-state index in [2.05, 4.69) is 22.8 Å². The first-order valence-corrected chi connectivity index (χ1v) is 10.0. The molecule has 154 valence electrons. The molecule has 5 nitrogen and oxygen atoms in total. The fourth-order valence-corrected chi connectivity index (χ4v) is 2.80. The second-order valence-electron chi connectivity index (χ2n) is 7.29. The van der Waals surface area contributed by atoms with Gasteiger partial charge in [0.1, 0.15) is 5.75 Å². The summed E-state index contributed by atoms with van der Waals surface area (Å²) in [5, 5.41) is 5.68. The molecule has 0 aromatic heterocycles. The average molecular weight is 402 g/mol. The van der Waals surface area contributed by atoms with Gasteiger partial charge in [-0.2, -0.15) is 0 Å². The van der Waals surface area contributed by atoms with Gasteiger partial charge in [-0.1, -0.05) is 50.2 Å². The van der Waals surface area contributed by atoms with Crippen LogP contribution in [0.3, 0.4) is 0 Å². The molecule has 3 rings (SSSR count). The van der Waals surface area contributed by atoms with Crippen LogP contribution in [0.2, 0.25) is 0 Å². The van der Waals surface area contributed by atoms with Crippen LogP contribution in [0, 0.1) is 5.92 Å². The molecular weight excluding hydrogens is 376 g/mol. The van der Waals surface area contributed by atoms with Gasteiger partial charge in [-0.3, -0.25) is 9.59 Å². The second kappa shape index (κ2) is 10.3. The molecule has 2 amide bonds. The number of anilines is 2. The normalized spacial score (nSPS) is 10.5. The van der Waals surface area contributed by atoms with Crippen molar-refractivity contribution in [1.82, 2.24) is 0 Å². The fourth-order valence-electron chi connectivity index (χ4n) is 2.80. The van der Waals surface area contributed by atoms with Gasteiger partial charge in [0, 0.05) is 29.3 Å². The average Bonchev–Trinajstić information content (AvgIpc) is 2.75. The standard InChI is InChI=1S/C25H26N2O3/c1-18(2)24(28)26-21-9-6-10-22(17-21)27-25(29)20-11-13-23(14-12-20)30-16-15-19-7-4-3-5-8-19/h3-14,17-18H,15-16H2,1-2H3,(H,26,28)(H,27,29). The number of hydrogen-bond donors (Lipinski definition) is 2. The highest BCUT2D eigenvalue weighted by atomic mass is 16.5. The van der Waals surface area contributed by atoms with Crippen molar-refractivity contribution in [1.29, 1.82) is 0 Å². The van der Waals surface area contributed by atoms with Crippen molar-refractivity contribution in [2.24, 2.45) is 5.92 Å². The smallest absolute Gasteiger partial charge is 0.255 e. The Kier molecular flexibility index (Phi) is 7.22. The summed E-state index contributed by atoms with van der Waals surface area (Å²) in [5.41, 5.74) is 3.01. The van der Waals surface area contributed by atoms with Gasteiger partial charge >= 0.3 is 0 Å². The van der Waals surface area contributed by atoms with E-state index in [0.29, 0.717) is 23.5 Å². The van der Waals surface area contributed by atoms with Crippen molar-refractivity contribution in [2.75, 3.05) is 17.2 Å². The predicted molar refractivity (Wildman–Crippen MR) is 120 cm³/mol. The molecule has 0 atom stereocenters. The first-order valence-electron chi connectivity index (χ1n) is 10.0. The van der Waals surface area contributed by atoms with E-state index in [1.54, 1.807) is 48.5 Å². The van der Waals surface area contributed by atoms with Gasteiger partial charge in [0.05, 0.1) is 6.61 Å². The first-order chi connectivity index (χ1) is 14.5. The van der Waals surface area contributed by atoms with Crippen LogP contribution in [0.15, 0.2) is 78.9 Å². The van der Waals surface area contributed by atoms with E-state index < -0.39 is 0 Å². The summed E-state index contributed by atoms with van der Waals surface area (Å²) in [4.78, 5) is 24.4. The highest BCUT2D eigenvalue weighted by Crippen LogP contribution is 2.18. The number of benzene rings is 3. The molecule has 3 aromatic carbocycles. The summed E-state index contributed by atoms with van der Waals surface area (Å²) in [6.45, 7) is 4.23.